The molecular weight excluding hydrogens is 446 g/mol. The van der Waals surface area contributed by atoms with Crippen LogP contribution in [-0.2, 0) is 0 Å². The van der Waals surface area contributed by atoms with Crippen LogP contribution in [0.2, 0.25) is 0 Å². The van der Waals surface area contributed by atoms with E-state index in [1.807, 2.05) is 42.5 Å². The molecule has 5 rings (SSSR count). The topological polar surface area (TPSA) is 86.1 Å². The van der Waals surface area contributed by atoms with Crippen molar-refractivity contribution in [3.8, 4) is 28.4 Å². The minimum absolute atomic E-state index is 0.229. The van der Waals surface area contributed by atoms with Crippen LogP contribution in [0.25, 0.3) is 22.2 Å². The van der Waals surface area contributed by atoms with E-state index >= 15 is 0 Å². The summed E-state index contributed by atoms with van der Waals surface area (Å²) >= 11 is 0. The van der Waals surface area contributed by atoms with E-state index in [9.17, 15) is 4.79 Å². The number of para-hydroxylation sites is 1. The van der Waals surface area contributed by atoms with Gasteiger partial charge in [-0.2, -0.15) is 0 Å². The molecule has 0 radical (unpaired) electrons. The average molecular weight is 474 g/mol. The molecule has 1 aromatic heterocycles. The zero-order valence-electron chi connectivity index (χ0n) is 19.9. The molecule has 1 saturated heterocycles. The number of hydrogen-bond acceptors (Lipinski definition) is 6. The minimum atomic E-state index is -0.249. The van der Waals surface area contributed by atoms with Gasteiger partial charge in [0.15, 0.2) is 5.58 Å². The van der Waals surface area contributed by atoms with Gasteiger partial charge in [-0.3, -0.25) is 0 Å². The van der Waals surface area contributed by atoms with Crippen molar-refractivity contribution >= 4 is 22.8 Å². The number of amides is 2. The number of nitrogens with zero attached hydrogens (tertiary/aromatic N) is 2. The normalized spacial score (nSPS) is 15.3. The monoisotopic (exact) mass is 473 g/mol. The second-order valence-electron chi connectivity index (χ2n) is 8.28. The molecule has 35 heavy (non-hydrogen) atoms. The number of ether oxygens (including phenoxy) is 3. The van der Waals surface area contributed by atoms with Gasteiger partial charge in [-0.15, -0.1) is 0 Å². The van der Waals surface area contributed by atoms with E-state index in [1.54, 1.807) is 44.4 Å². The summed E-state index contributed by atoms with van der Waals surface area (Å²) in [5.41, 5.74) is 3.97. The Morgan fingerprint density at radius 1 is 1.00 bits per heavy atom. The Morgan fingerprint density at radius 3 is 2.63 bits per heavy atom. The molecule has 0 saturated carbocycles. The Kier molecular flexibility index (Phi) is 6.18. The molecule has 0 spiro atoms. The van der Waals surface area contributed by atoms with Crippen molar-refractivity contribution in [2.45, 2.75) is 18.9 Å². The van der Waals surface area contributed by atoms with Gasteiger partial charge < -0.3 is 28.8 Å². The molecule has 8 heteroatoms. The number of aromatic nitrogens is 1. The SMILES string of the molecule is COc1ccc(NC(=O)N2CCCC2c2nc3cc(-c4ccccc4OC)ccc3o2)c(OC)c1. The molecule has 1 N–H and O–H groups in total. The fourth-order valence-electron chi connectivity index (χ4n) is 4.49. The number of carbonyl (C=O) groups is 1. The number of carbonyl (C=O) groups excluding carboxylic acids is 1. The van der Waals surface area contributed by atoms with Crippen LogP contribution in [-0.4, -0.2) is 43.8 Å². The van der Waals surface area contributed by atoms with E-state index in [0.717, 1.165) is 35.2 Å². The van der Waals surface area contributed by atoms with Crippen molar-refractivity contribution in [2.75, 3.05) is 33.2 Å². The highest BCUT2D eigenvalue weighted by molar-refractivity contribution is 5.91. The number of rotatable bonds is 6. The summed E-state index contributed by atoms with van der Waals surface area (Å²) in [6.45, 7) is 0.611. The van der Waals surface area contributed by atoms with Crippen molar-refractivity contribution in [1.29, 1.82) is 0 Å². The van der Waals surface area contributed by atoms with Crippen LogP contribution in [0.4, 0.5) is 10.5 Å². The zero-order valence-corrected chi connectivity index (χ0v) is 19.9. The number of oxazole rings is 1. The second-order valence-corrected chi connectivity index (χ2v) is 8.28. The van der Waals surface area contributed by atoms with Gasteiger partial charge in [-0.1, -0.05) is 24.3 Å². The molecule has 180 valence electrons. The van der Waals surface area contributed by atoms with Gasteiger partial charge >= 0.3 is 6.03 Å². The maximum absolute atomic E-state index is 13.2. The molecule has 8 nitrogen and oxygen atoms in total. The molecular formula is C27H27N3O5. The van der Waals surface area contributed by atoms with Gasteiger partial charge in [-0.25, -0.2) is 9.78 Å². The molecule has 1 aliphatic rings. The molecule has 2 amide bonds. The molecule has 1 aliphatic heterocycles. The van der Waals surface area contributed by atoms with Crippen molar-refractivity contribution in [2.24, 2.45) is 0 Å². The van der Waals surface area contributed by atoms with Gasteiger partial charge in [0.05, 0.1) is 27.0 Å². The Morgan fingerprint density at radius 2 is 1.83 bits per heavy atom. The van der Waals surface area contributed by atoms with E-state index in [0.29, 0.717) is 35.2 Å². The number of methoxy groups -OCH3 is 3. The molecule has 1 fully saturated rings. The summed E-state index contributed by atoms with van der Waals surface area (Å²) in [5, 5.41) is 2.95. The first-order valence-electron chi connectivity index (χ1n) is 11.4. The maximum Gasteiger partial charge on any atom is 0.322 e. The number of benzene rings is 3. The van der Waals surface area contributed by atoms with Crippen LogP contribution in [0.15, 0.2) is 65.1 Å². The Labute approximate surface area is 203 Å². The number of nitrogens with one attached hydrogen (secondary N) is 1. The van der Waals surface area contributed by atoms with E-state index in [4.69, 9.17) is 23.6 Å². The van der Waals surface area contributed by atoms with Gasteiger partial charge in [0.25, 0.3) is 0 Å². The Hall–Kier alpha value is -4.20. The van der Waals surface area contributed by atoms with Crippen molar-refractivity contribution in [3.63, 3.8) is 0 Å². The van der Waals surface area contributed by atoms with Crippen LogP contribution in [0, 0.1) is 0 Å². The first kappa shape index (κ1) is 22.6. The van der Waals surface area contributed by atoms with Crippen LogP contribution in [0.5, 0.6) is 17.2 Å². The predicted octanol–water partition coefficient (Wildman–Crippen LogP) is 5.89. The number of fused-ring (bicyclic) bond motifs is 1. The molecule has 1 unspecified atom stereocenters. The molecule has 0 bridgehead atoms. The lowest BCUT2D eigenvalue weighted by atomic mass is 10.0. The van der Waals surface area contributed by atoms with Gasteiger partial charge in [0, 0.05) is 18.2 Å². The van der Waals surface area contributed by atoms with E-state index in [1.165, 1.54) is 0 Å². The predicted molar refractivity (Wildman–Crippen MR) is 133 cm³/mol. The summed E-state index contributed by atoms with van der Waals surface area (Å²) in [5.74, 6) is 2.51. The highest BCUT2D eigenvalue weighted by atomic mass is 16.5. The van der Waals surface area contributed by atoms with Crippen LogP contribution in [0.1, 0.15) is 24.8 Å². The molecule has 4 aromatic rings. The lowest BCUT2D eigenvalue weighted by Crippen LogP contribution is -2.34. The van der Waals surface area contributed by atoms with Crippen molar-refractivity contribution in [1.82, 2.24) is 9.88 Å². The van der Waals surface area contributed by atoms with E-state index in [2.05, 4.69) is 5.32 Å². The summed E-state index contributed by atoms with van der Waals surface area (Å²) in [6.07, 6.45) is 1.64. The zero-order chi connectivity index (χ0) is 24.4. The third-order valence-electron chi connectivity index (χ3n) is 6.27. The number of likely N-dealkylation sites (tertiary alicyclic amines) is 1. The van der Waals surface area contributed by atoms with E-state index < -0.39 is 0 Å². The van der Waals surface area contributed by atoms with Crippen LogP contribution in [0.3, 0.4) is 0 Å². The third kappa shape index (κ3) is 4.35. The molecule has 2 heterocycles. The van der Waals surface area contributed by atoms with Gasteiger partial charge in [-0.05, 0) is 48.7 Å². The van der Waals surface area contributed by atoms with Gasteiger partial charge in [0.2, 0.25) is 5.89 Å². The Balaban J connectivity index is 1.40. The fourth-order valence-corrected chi connectivity index (χ4v) is 4.49. The summed E-state index contributed by atoms with van der Waals surface area (Å²) in [6, 6.07) is 18.5. The second kappa shape index (κ2) is 9.58. The minimum Gasteiger partial charge on any atom is -0.497 e. The largest absolute Gasteiger partial charge is 0.497 e. The first-order chi connectivity index (χ1) is 17.1. The highest BCUT2D eigenvalue weighted by Gasteiger charge is 2.34. The summed E-state index contributed by atoms with van der Waals surface area (Å²) < 4.78 is 22.3. The third-order valence-corrected chi connectivity index (χ3v) is 6.27. The fraction of sp³-hybridized carbons (Fsp3) is 0.259. The highest BCUT2D eigenvalue weighted by Crippen LogP contribution is 2.37. The molecule has 0 aliphatic carbocycles. The van der Waals surface area contributed by atoms with Crippen molar-refractivity contribution < 1.29 is 23.4 Å². The van der Waals surface area contributed by atoms with Crippen molar-refractivity contribution in [3.05, 3.63) is 66.6 Å². The summed E-state index contributed by atoms with van der Waals surface area (Å²) in [4.78, 5) is 19.7. The number of urea groups is 1. The lowest BCUT2D eigenvalue weighted by molar-refractivity contribution is 0.198. The average Bonchev–Trinajstić information content (AvgIpc) is 3.55. The van der Waals surface area contributed by atoms with E-state index in [-0.39, 0.29) is 12.1 Å². The first-order valence-corrected chi connectivity index (χ1v) is 11.4. The smallest absolute Gasteiger partial charge is 0.322 e. The number of anilines is 1. The molecule has 1 atom stereocenters. The van der Waals surface area contributed by atoms with Gasteiger partial charge in [0.1, 0.15) is 28.8 Å². The van der Waals surface area contributed by atoms with Crippen LogP contribution < -0.4 is 19.5 Å². The number of hydrogen-bond donors (Lipinski definition) is 1. The Bertz CT molecular complexity index is 1370. The quantitative estimate of drug-likeness (QED) is 0.376. The lowest BCUT2D eigenvalue weighted by Gasteiger charge is -2.23. The molecule has 3 aromatic carbocycles. The summed E-state index contributed by atoms with van der Waals surface area (Å²) in [7, 11) is 4.80. The maximum atomic E-state index is 13.2. The van der Waals surface area contributed by atoms with Crippen LogP contribution >= 0.6 is 0 Å². The standard InChI is InChI=1S/C27H27N3O5/c1-32-18-11-12-20(25(16-18)34-3)29-27(31)30-14-6-8-22(30)26-28-21-15-17(10-13-24(21)35-26)19-7-4-5-9-23(19)33-2/h4-5,7,9-13,15-16,22H,6,8,14H2,1-3H3,(H,29,31).